The predicted molar refractivity (Wildman–Crippen MR) is 81.5 cm³/mol. The largest absolute Gasteiger partial charge is 0.472 e. The molecule has 2 fully saturated rings. The van der Waals surface area contributed by atoms with Gasteiger partial charge in [0.2, 0.25) is 5.91 Å². The first kappa shape index (κ1) is 15.1. The van der Waals surface area contributed by atoms with Gasteiger partial charge in [0.15, 0.2) is 0 Å². The zero-order valence-electron chi connectivity index (χ0n) is 12.9. The summed E-state index contributed by atoms with van der Waals surface area (Å²) in [4.78, 5) is 30.4. The molecule has 120 valence electrons. The number of furan rings is 1. The topological polar surface area (TPSA) is 57.0 Å². The molecule has 0 saturated carbocycles. The van der Waals surface area contributed by atoms with E-state index in [9.17, 15) is 9.59 Å². The lowest BCUT2D eigenvalue weighted by Crippen LogP contribution is -2.52. The molecule has 22 heavy (non-hydrogen) atoms. The maximum absolute atomic E-state index is 12.3. The summed E-state index contributed by atoms with van der Waals surface area (Å²) in [5, 5.41) is 0. The molecule has 2 saturated heterocycles. The normalized spacial score (nSPS) is 20.2. The first-order chi connectivity index (χ1) is 10.7. The van der Waals surface area contributed by atoms with Gasteiger partial charge in [-0.1, -0.05) is 0 Å². The van der Waals surface area contributed by atoms with Crippen LogP contribution in [0, 0.1) is 0 Å². The van der Waals surface area contributed by atoms with Crippen LogP contribution in [0.1, 0.15) is 29.6 Å². The summed E-state index contributed by atoms with van der Waals surface area (Å²) in [6.07, 6.45) is 6.48. The molecular formula is C16H23N3O3. The Kier molecular flexibility index (Phi) is 4.77. The highest BCUT2D eigenvalue weighted by Gasteiger charge is 2.25. The molecule has 0 bridgehead atoms. The van der Waals surface area contributed by atoms with Gasteiger partial charge < -0.3 is 14.2 Å². The number of carbonyl (C=O) groups is 2. The Hall–Kier alpha value is -1.82. The van der Waals surface area contributed by atoms with Gasteiger partial charge in [-0.3, -0.25) is 14.5 Å². The van der Waals surface area contributed by atoms with Gasteiger partial charge in [0.05, 0.1) is 18.4 Å². The summed E-state index contributed by atoms with van der Waals surface area (Å²) < 4.78 is 4.96. The van der Waals surface area contributed by atoms with Crippen molar-refractivity contribution in [2.75, 3.05) is 45.8 Å². The second-order valence-electron chi connectivity index (χ2n) is 6.02. The predicted octanol–water partition coefficient (Wildman–Crippen LogP) is 1.05. The summed E-state index contributed by atoms with van der Waals surface area (Å²) in [7, 11) is 0. The molecule has 0 aromatic carbocycles. The molecule has 0 radical (unpaired) electrons. The van der Waals surface area contributed by atoms with Crippen LogP contribution in [0.3, 0.4) is 0 Å². The molecule has 2 aliphatic rings. The van der Waals surface area contributed by atoms with E-state index in [1.165, 1.54) is 18.9 Å². The Balaban J connectivity index is 1.45. The molecule has 2 aliphatic heterocycles. The molecule has 0 atom stereocenters. The molecule has 0 aliphatic carbocycles. The number of hydrogen-bond donors (Lipinski definition) is 0. The fourth-order valence-electron chi connectivity index (χ4n) is 3.11. The van der Waals surface area contributed by atoms with E-state index >= 15 is 0 Å². The fourth-order valence-corrected chi connectivity index (χ4v) is 3.11. The monoisotopic (exact) mass is 305 g/mol. The van der Waals surface area contributed by atoms with Crippen molar-refractivity contribution in [2.45, 2.75) is 19.3 Å². The van der Waals surface area contributed by atoms with E-state index in [2.05, 4.69) is 4.90 Å². The highest BCUT2D eigenvalue weighted by Crippen LogP contribution is 2.12. The number of likely N-dealkylation sites (tertiary alicyclic amines) is 1. The summed E-state index contributed by atoms with van der Waals surface area (Å²) >= 11 is 0. The van der Waals surface area contributed by atoms with Gasteiger partial charge in [-0.2, -0.15) is 0 Å². The molecule has 0 unspecified atom stereocenters. The molecule has 3 rings (SSSR count). The Morgan fingerprint density at radius 1 is 0.955 bits per heavy atom. The van der Waals surface area contributed by atoms with Crippen molar-refractivity contribution in [1.82, 2.24) is 14.7 Å². The van der Waals surface area contributed by atoms with Crippen LogP contribution in [0.2, 0.25) is 0 Å². The van der Waals surface area contributed by atoms with Crippen LogP contribution in [0.4, 0.5) is 0 Å². The molecule has 0 spiro atoms. The first-order valence-electron chi connectivity index (χ1n) is 8.05. The van der Waals surface area contributed by atoms with Gasteiger partial charge in [-0.25, -0.2) is 0 Å². The molecule has 1 aromatic rings. The molecule has 6 heteroatoms. The fraction of sp³-hybridized carbons (Fsp3) is 0.625. The summed E-state index contributed by atoms with van der Waals surface area (Å²) in [6, 6.07) is 1.69. The molecule has 2 amide bonds. The van der Waals surface area contributed by atoms with E-state index in [1.807, 2.05) is 9.80 Å². The van der Waals surface area contributed by atoms with Crippen molar-refractivity contribution in [3.63, 3.8) is 0 Å². The zero-order chi connectivity index (χ0) is 15.4. The van der Waals surface area contributed by atoms with Crippen LogP contribution < -0.4 is 0 Å². The first-order valence-corrected chi connectivity index (χ1v) is 8.05. The minimum Gasteiger partial charge on any atom is -0.472 e. The van der Waals surface area contributed by atoms with Crippen LogP contribution in [-0.4, -0.2) is 72.3 Å². The van der Waals surface area contributed by atoms with Crippen LogP contribution in [-0.2, 0) is 4.79 Å². The minimum absolute atomic E-state index is 0.00996. The van der Waals surface area contributed by atoms with E-state index in [4.69, 9.17) is 4.42 Å². The van der Waals surface area contributed by atoms with Crippen LogP contribution >= 0.6 is 0 Å². The Bertz CT molecular complexity index is 501. The third-order valence-corrected chi connectivity index (χ3v) is 4.50. The minimum atomic E-state index is 0.00996. The Morgan fingerprint density at radius 2 is 1.68 bits per heavy atom. The van der Waals surface area contributed by atoms with E-state index in [1.54, 1.807) is 6.07 Å². The number of rotatable bonds is 3. The molecular weight excluding hydrogens is 282 g/mol. The quantitative estimate of drug-likeness (QED) is 0.837. The molecule has 6 nitrogen and oxygen atoms in total. The smallest absolute Gasteiger partial charge is 0.257 e. The summed E-state index contributed by atoms with van der Waals surface area (Å²) in [5.41, 5.74) is 0.595. The van der Waals surface area contributed by atoms with Gasteiger partial charge in [-0.05, 0) is 25.3 Å². The standard InChI is InChI=1S/C16H23N3O3/c20-15(18-5-2-1-3-6-18)12-17-7-9-19(10-8-17)16(21)14-4-11-22-13-14/h4,11,13H,1-3,5-10,12H2. The average molecular weight is 305 g/mol. The lowest BCUT2D eigenvalue weighted by molar-refractivity contribution is -0.133. The van der Waals surface area contributed by atoms with Crippen molar-refractivity contribution in [3.05, 3.63) is 24.2 Å². The van der Waals surface area contributed by atoms with Gasteiger partial charge >= 0.3 is 0 Å². The number of nitrogens with zero attached hydrogens (tertiary/aromatic N) is 3. The molecule has 3 heterocycles. The van der Waals surface area contributed by atoms with E-state index in [0.717, 1.165) is 39.0 Å². The van der Waals surface area contributed by atoms with Gasteiger partial charge in [0.25, 0.3) is 5.91 Å². The van der Waals surface area contributed by atoms with Crippen LogP contribution in [0.5, 0.6) is 0 Å². The number of piperidine rings is 1. The van der Waals surface area contributed by atoms with Crippen LogP contribution in [0.25, 0.3) is 0 Å². The summed E-state index contributed by atoms with van der Waals surface area (Å²) in [6.45, 7) is 5.12. The second kappa shape index (κ2) is 6.96. The van der Waals surface area contributed by atoms with E-state index < -0.39 is 0 Å². The zero-order valence-corrected chi connectivity index (χ0v) is 12.9. The second-order valence-corrected chi connectivity index (χ2v) is 6.02. The lowest BCUT2D eigenvalue weighted by Gasteiger charge is -2.35. The maximum Gasteiger partial charge on any atom is 0.257 e. The third-order valence-electron chi connectivity index (χ3n) is 4.50. The number of carbonyl (C=O) groups excluding carboxylic acids is 2. The van der Waals surface area contributed by atoms with E-state index in [0.29, 0.717) is 25.2 Å². The Labute approximate surface area is 130 Å². The van der Waals surface area contributed by atoms with Crippen LogP contribution in [0.15, 0.2) is 23.0 Å². The van der Waals surface area contributed by atoms with Crippen molar-refractivity contribution >= 4 is 11.8 Å². The maximum atomic E-state index is 12.3. The highest BCUT2D eigenvalue weighted by molar-refractivity contribution is 5.93. The van der Waals surface area contributed by atoms with Crippen molar-refractivity contribution in [2.24, 2.45) is 0 Å². The van der Waals surface area contributed by atoms with Gasteiger partial charge in [0, 0.05) is 39.3 Å². The summed E-state index contributed by atoms with van der Waals surface area (Å²) in [5.74, 6) is 0.241. The third kappa shape index (κ3) is 3.50. The molecule has 0 N–H and O–H groups in total. The van der Waals surface area contributed by atoms with Gasteiger partial charge in [-0.15, -0.1) is 0 Å². The SMILES string of the molecule is O=C(CN1CCN(C(=O)c2ccoc2)CC1)N1CCCCC1. The highest BCUT2D eigenvalue weighted by atomic mass is 16.3. The number of hydrogen-bond acceptors (Lipinski definition) is 4. The van der Waals surface area contributed by atoms with Crippen molar-refractivity contribution in [1.29, 1.82) is 0 Å². The average Bonchev–Trinajstić information content (AvgIpc) is 3.10. The van der Waals surface area contributed by atoms with Gasteiger partial charge in [0.1, 0.15) is 6.26 Å². The van der Waals surface area contributed by atoms with Crippen molar-refractivity contribution < 1.29 is 14.0 Å². The molecule has 1 aromatic heterocycles. The van der Waals surface area contributed by atoms with E-state index in [-0.39, 0.29) is 11.8 Å². The van der Waals surface area contributed by atoms with Crippen molar-refractivity contribution in [3.8, 4) is 0 Å². The number of piperazine rings is 1. The lowest BCUT2D eigenvalue weighted by atomic mass is 10.1. The number of amides is 2. The Morgan fingerprint density at radius 3 is 2.32 bits per heavy atom.